The van der Waals surface area contributed by atoms with Crippen LogP contribution in [-0.2, 0) is 11.2 Å². The summed E-state index contributed by atoms with van der Waals surface area (Å²) < 4.78 is 5.95. The largest absolute Gasteiger partial charge is 0.443 e. The summed E-state index contributed by atoms with van der Waals surface area (Å²) in [5.41, 5.74) is 1.60. The Morgan fingerprint density at radius 2 is 1.90 bits per heavy atom. The number of amides is 2. The molecule has 2 aromatic carbocycles. The molecule has 1 fully saturated rings. The van der Waals surface area contributed by atoms with Crippen LogP contribution in [0.4, 0.5) is 0 Å². The van der Waals surface area contributed by atoms with Gasteiger partial charge in [0.25, 0.3) is 5.91 Å². The van der Waals surface area contributed by atoms with Gasteiger partial charge < -0.3 is 14.6 Å². The number of oxazole rings is 1. The second-order valence-electron chi connectivity index (χ2n) is 7.26. The molecule has 30 heavy (non-hydrogen) atoms. The van der Waals surface area contributed by atoms with E-state index >= 15 is 0 Å². The number of carbonyl (C=O) groups is 2. The highest BCUT2D eigenvalue weighted by Gasteiger charge is 2.33. The standard InChI is InChI=1S/C23H22ClN3O3/c24-18-10-8-16(9-11-18)13-19-14-26-23(30-19)20-7-4-12-27(20)21(28)15-25-22(29)17-5-2-1-3-6-17/h1-3,5-6,8-11,14,20H,4,7,12-13,15H2,(H,25,29)/t20-/m1/s1. The summed E-state index contributed by atoms with van der Waals surface area (Å²) in [5.74, 6) is 0.878. The molecule has 4 rings (SSSR count). The number of nitrogens with zero attached hydrogens (tertiary/aromatic N) is 2. The van der Waals surface area contributed by atoms with Gasteiger partial charge in [-0.15, -0.1) is 0 Å². The molecule has 0 saturated carbocycles. The Balaban J connectivity index is 1.37. The van der Waals surface area contributed by atoms with E-state index in [0.717, 1.165) is 24.2 Å². The Hall–Kier alpha value is -3.12. The maximum atomic E-state index is 12.7. The molecule has 0 aliphatic carbocycles. The monoisotopic (exact) mass is 423 g/mol. The second-order valence-corrected chi connectivity index (χ2v) is 7.70. The Morgan fingerprint density at radius 1 is 1.13 bits per heavy atom. The minimum atomic E-state index is -0.263. The lowest BCUT2D eigenvalue weighted by molar-refractivity contribution is -0.131. The summed E-state index contributed by atoms with van der Waals surface area (Å²) in [5, 5.41) is 3.39. The number of aromatic nitrogens is 1. The van der Waals surface area contributed by atoms with Gasteiger partial charge in [-0.05, 0) is 42.7 Å². The highest BCUT2D eigenvalue weighted by Crippen LogP contribution is 2.32. The van der Waals surface area contributed by atoms with Gasteiger partial charge in [-0.2, -0.15) is 0 Å². The first kappa shape index (κ1) is 20.2. The molecule has 2 heterocycles. The zero-order valence-corrected chi connectivity index (χ0v) is 17.1. The van der Waals surface area contributed by atoms with Crippen LogP contribution in [0.3, 0.4) is 0 Å². The molecule has 0 bridgehead atoms. The van der Waals surface area contributed by atoms with E-state index in [4.69, 9.17) is 16.0 Å². The third-order valence-electron chi connectivity index (χ3n) is 5.16. The highest BCUT2D eigenvalue weighted by atomic mass is 35.5. The van der Waals surface area contributed by atoms with E-state index in [2.05, 4.69) is 10.3 Å². The average molecular weight is 424 g/mol. The normalized spacial score (nSPS) is 15.9. The average Bonchev–Trinajstić information content (AvgIpc) is 3.43. The van der Waals surface area contributed by atoms with Crippen LogP contribution >= 0.6 is 11.6 Å². The third kappa shape index (κ3) is 4.71. The van der Waals surface area contributed by atoms with Gasteiger partial charge >= 0.3 is 0 Å². The fraction of sp³-hybridized carbons (Fsp3) is 0.261. The molecular weight excluding hydrogens is 402 g/mol. The number of hydrogen-bond donors (Lipinski definition) is 1. The number of likely N-dealkylation sites (tertiary alicyclic amines) is 1. The summed E-state index contributed by atoms with van der Waals surface area (Å²) in [6, 6.07) is 16.2. The number of hydrogen-bond acceptors (Lipinski definition) is 4. The van der Waals surface area contributed by atoms with E-state index in [1.165, 1.54) is 0 Å². The lowest BCUT2D eigenvalue weighted by Gasteiger charge is -2.22. The third-order valence-corrected chi connectivity index (χ3v) is 5.41. The van der Waals surface area contributed by atoms with Crippen molar-refractivity contribution < 1.29 is 14.0 Å². The van der Waals surface area contributed by atoms with E-state index in [0.29, 0.717) is 29.4 Å². The maximum absolute atomic E-state index is 12.7. The number of halogens is 1. The van der Waals surface area contributed by atoms with Crippen molar-refractivity contribution in [1.82, 2.24) is 15.2 Å². The van der Waals surface area contributed by atoms with E-state index in [-0.39, 0.29) is 24.4 Å². The van der Waals surface area contributed by atoms with Crippen molar-refractivity contribution in [3.63, 3.8) is 0 Å². The molecule has 0 radical (unpaired) electrons. The number of nitrogens with one attached hydrogen (secondary N) is 1. The molecule has 7 heteroatoms. The lowest BCUT2D eigenvalue weighted by Crippen LogP contribution is -2.39. The van der Waals surface area contributed by atoms with Gasteiger partial charge in [-0.3, -0.25) is 9.59 Å². The van der Waals surface area contributed by atoms with Crippen LogP contribution < -0.4 is 5.32 Å². The zero-order chi connectivity index (χ0) is 20.9. The molecule has 1 N–H and O–H groups in total. The van der Waals surface area contributed by atoms with Crippen LogP contribution in [-0.4, -0.2) is 34.8 Å². The summed E-state index contributed by atoms with van der Waals surface area (Å²) in [7, 11) is 0. The van der Waals surface area contributed by atoms with Crippen LogP contribution in [0.2, 0.25) is 5.02 Å². The first-order valence-electron chi connectivity index (χ1n) is 9.92. The molecule has 1 aliphatic heterocycles. The number of benzene rings is 2. The van der Waals surface area contributed by atoms with Crippen molar-refractivity contribution in [2.45, 2.75) is 25.3 Å². The van der Waals surface area contributed by atoms with Crippen LogP contribution in [0.5, 0.6) is 0 Å². The van der Waals surface area contributed by atoms with Gasteiger partial charge in [0.1, 0.15) is 11.8 Å². The van der Waals surface area contributed by atoms with Crippen LogP contribution in [0.15, 0.2) is 65.2 Å². The van der Waals surface area contributed by atoms with Crippen molar-refractivity contribution in [3.8, 4) is 0 Å². The first-order chi connectivity index (χ1) is 14.6. The molecule has 6 nitrogen and oxygen atoms in total. The molecule has 1 aliphatic rings. The van der Waals surface area contributed by atoms with Crippen LogP contribution in [0.1, 0.15) is 46.5 Å². The summed E-state index contributed by atoms with van der Waals surface area (Å²) in [6.45, 7) is 0.572. The Labute approximate surface area is 179 Å². The molecule has 1 atom stereocenters. The van der Waals surface area contributed by atoms with E-state index in [9.17, 15) is 9.59 Å². The predicted octanol–water partition coefficient (Wildman–Crippen LogP) is 4.01. The second kappa shape index (κ2) is 9.13. The summed E-state index contributed by atoms with van der Waals surface area (Å²) in [4.78, 5) is 31.1. The van der Waals surface area contributed by atoms with Crippen LogP contribution in [0.25, 0.3) is 0 Å². The van der Waals surface area contributed by atoms with Crippen molar-refractivity contribution in [3.05, 3.63) is 88.6 Å². The van der Waals surface area contributed by atoms with Crippen LogP contribution in [0, 0.1) is 0 Å². The number of carbonyl (C=O) groups excluding carboxylic acids is 2. The molecule has 2 amide bonds. The molecule has 3 aromatic rings. The van der Waals surface area contributed by atoms with Crippen molar-refractivity contribution >= 4 is 23.4 Å². The minimum Gasteiger partial charge on any atom is -0.443 e. The molecule has 154 valence electrons. The Kier molecular flexibility index (Phi) is 6.14. The first-order valence-corrected chi connectivity index (χ1v) is 10.3. The van der Waals surface area contributed by atoms with Gasteiger partial charge in [0.05, 0.1) is 12.7 Å². The van der Waals surface area contributed by atoms with E-state index in [1.54, 1.807) is 35.4 Å². The summed E-state index contributed by atoms with van der Waals surface area (Å²) in [6.07, 6.45) is 3.98. The Morgan fingerprint density at radius 3 is 2.67 bits per heavy atom. The fourth-order valence-corrected chi connectivity index (χ4v) is 3.76. The lowest BCUT2D eigenvalue weighted by atomic mass is 10.1. The highest BCUT2D eigenvalue weighted by molar-refractivity contribution is 6.30. The molecule has 1 aromatic heterocycles. The van der Waals surface area contributed by atoms with Gasteiger partial charge in [0.2, 0.25) is 11.8 Å². The van der Waals surface area contributed by atoms with Gasteiger partial charge in [-0.1, -0.05) is 41.9 Å². The fourth-order valence-electron chi connectivity index (χ4n) is 3.63. The van der Waals surface area contributed by atoms with Crippen molar-refractivity contribution in [2.24, 2.45) is 0 Å². The minimum absolute atomic E-state index is 0.0530. The number of rotatable bonds is 6. The molecular formula is C23H22ClN3O3. The maximum Gasteiger partial charge on any atom is 0.251 e. The zero-order valence-electron chi connectivity index (χ0n) is 16.4. The van der Waals surface area contributed by atoms with E-state index < -0.39 is 0 Å². The predicted molar refractivity (Wildman–Crippen MR) is 113 cm³/mol. The van der Waals surface area contributed by atoms with Crippen molar-refractivity contribution in [2.75, 3.05) is 13.1 Å². The smallest absolute Gasteiger partial charge is 0.251 e. The molecule has 0 unspecified atom stereocenters. The van der Waals surface area contributed by atoms with E-state index in [1.807, 2.05) is 30.3 Å². The molecule has 1 saturated heterocycles. The topological polar surface area (TPSA) is 75.4 Å². The summed E-state index contributed by atoms with van der Waals surface area (Å²) >= 11 is 5.93. The van der Waals surface area contributed by atoms with Gasteiger partial charge in [0.15, 0.2) is 0 Å². The van der Waals surface area contributed by atoms with Crippen molar-refractivity contribution in [1.29, 1.82) is 0 Å². The van der Waals surface area contributed by atoms with Gasteiger partial charge in [0, 0.05) is 23.6 Å². The quantitative estimate of drug-likeness (QED) is 0.649. The SMILES string of the molecule is O=C(NCC(=O)N1CCC[C@@H]1c1ncc(Cc2ccc(Cl)cc2)o1)c1ccccc1. The molecule has 0 spiro atoms. The Bertz CT molecular complexity index is 1020. The van der Waals surface area contributed by atoms with Gasteiger partial charge in [-0.25, -0.2) is 4.98 Å².